The minimum absolute atomic E-state index is 0.0120. The molecule has 6 nitrogen and oxygen atoms in total. The number of aromatic nitrogens is 1. The molecule has 2 heterocycles. The first-order chi connectivity index (χ1) is 15.4. The number of halogens is 1. The SMILES string of the molecule is CN(C)CCC(NC(=O)C1CCC(=O)N1Cc1c[nH]c2ccccc12)c1ccc(F)cc1. The van der Waals surface area contributed by atoms with Crippen LogP contribution in [0.1, 0.15) is 36.4 Å². The molecule has 168 valence electrons. The van der Waals surface area contributed by atoms with E-state index in [2.05, 4.69) is 10.3 Å². The van der Waals surface area contributed by atoms with Gasteiger partial charge in [0.2, 0.25) is 11.8 Å². The molecule has 1 fully saturated rings. The van der Waals surface area contributed by atoms with E-state index in [1.165, 1.54) is 12.1 Å². The Balaban J connectivity index is 1.51. The monoisotopic (exact) mass is 436 g/mol. The molecule has 2 N–H and O–H groups in total. The second kappa shape index (κ2) is 9.53. The average Bonchev–Trinajstić information content (AvgIpc) is 3.36. The van der Waals surface area contributed by atoms with E-state index in [9.17, 15) is 14.0 Å². The number of carbonyl (C=O) groups excluding carboxylic acids is 2. The van der Waals surface area contributed by atoms with E-state index in [0.29, 0.717) is 25.8 Å². The maximum atomic E-state index is 13.4. The third-order valence-electron chi connectivity index (χ3n) is 6.10. The van der Waals surface area contributed by atoms with Gasteiger partial charge in [-0.05, 0) is 62.8 Å². The van der Waals surface area contributed by atoms with Gasteiger partial charge in [-0.2, -0.15) is 0 Å². The van der Waals surface area contributed by atoms with E-state index in [1.807, 2.05) is 49.5 Å². The zero-order valence-electron chi connectivity index (χ0n) is 18.5. The van der Waals surface area contributed by atoms with Crippen LogP contribution in [0.4, 0.5) is 4.39 Å². The van der Waals surface area contributed by atoms with Crippen LogP contribution in [0.5, 0.6) is 0 Å². The number of fused-ring (bicyclic) bond motifs is 1. The molecular formula is C25H29FN4O2. The van der Waals surface area contributed by atoms with Crippen LogP contribution in [0.25, 0.3) is 10.9 Å². The normalized spacial score (nSPS) is 17.3. The van der Waals surface area contributed by atoms with E-state index in [-0.39, 0.29) is 23.7 Å². The summed E-state index contributed by atoms with van der Waals surface area (Å²) >= 11 is 0. The summed E-state index contributed by atoms with van der Waals surface area (Å²) in [5, 5.41) is 4.18. The first kappa shape index (κ1) is 22.0. The number of para-hydroxylation sites is 1. The van der Waals surface area contributed by atoms with Crippen LogP contribution in [0, 0.1) is 5.82 Å². The summed E-state index contributed by atoms with van der Waals surface area (Å²) in [5.74, 6) is -0.483. The highest BCUT2D eigenvalue weighted by Gasteiger charge is 2.37. The van der Waals surface area contributed by atoms with Crippen molar-refractivity contribution in [2.75, 3.05) is 20.6 Å². The van der Waals surface area contributed by atoms with Gasteiger partial charge >= 0.3 is 0 Å². The number of nitrogens with one attached hydrogen (secondary N) is 2. The number of H-pyrrole nitrogens is 1. The summed E-state index contributed by atoms with van der Waals surface area (Å²) in [6.45, 7) is 1.16. The summed E-state index contributed by atoms with van der Waals surface area (Å²) in [4.78, 5) is 32.9. The number of aromatic amines is 1. The number of hydrogen-bond acceptors (Lipinski definition) is 3. The highest BCUT2D eigenvalue weighted by molar-refractivity contribution is 5.91. The Morgan fingerprint density at radius 3 is 2.72 bits per heavy atom. The number of benzene rings is 2. The summed E-state index contributed by atoms with van der Waals surface area (Å²) in [6.07, 6.45) is 3.45. The molecule has 1 saturated heterocycles. The topological polar surface area (TPSA) is 68.4 Å². The lowest BCUT2D eigenvalue weighted by Gasteiger charge is -2.27. The van der Waals surface area contributed by atoms with Gasteiger partial charge < -0.3 is 20.1 Å². The Bertz CT molecular complexity index is 1090. The number of likely N-dealkylation sites (tertiary alicyclic amines) is 1. The van der Waals surface area contributed by atoms with Crippen molar-refractivity contribution in [2.45, 2.75) is 37.9 Å². The number of rotatable bonds is 8. The molecule has 0 spiro atoms. The van der Waals surface area contributed by atoms with Crippen molar-refractivity contribution < 1.29 is 14.0 Å². The zero-order chi connectivity index (χ0) is 22.7. The average molecular weight is 437 g/mol. The molecule has 3 aromatic rings. The van der Waals surface area contributed by atoms with E-state index >= 15 is 0 Å². The van der Waals surface area contributed by atoms with Crippen molar-refractivity contribution >= 4 is 22.7 Å². The predicted molar refractivity (Wildman–Crippen MR) is 122 cm³/mol. The van der Waals surface area contributed by atoms with Crippen LogP contribution in [0.15, 0.2) is 54.7 Å². The summed E-state index contributed by atoms with van der Waals surface area (Å²) in [7, 11) is 3.95. The van der Waals surface area contributed by atoms with Crippen molar-refractivity contribution in [3.05, 3.63) is 71.7 Å². The first-order valence-corrected chi connectivity index (χ1v) is 11.0. The first-order valence-electron chi connectivity index (χ1n) is 11.0. The zero-order valence-corrected chi connectivity index (χ0v) is 18.5. The molecule has 1 aliphatic heterocycles. The van der Waals surface area contributed by atoms with Crippen molar-refractivity contribution in [2.24, 2.45) is 0 Å². The third kappa shape index (κ3) is 4.83. The quantitative estimate of drug-likeness (QED) is 0.567. The Morgan fingerprint density at radius 1 is 1.22 bits per heavy atom. The van der Waals surface area contributed by atoms with Gasteiger partial charge in [0.25, 0.3) is 0 Å². The van der Waals surface area contributed by atoms with Gasteiger partial charge in [0.1, 0.15) is 11.9 Å². The second-order valence-corrected chi connectivity index (χ2v) is 8.64. The highest BCUT2D eigenvalue weighted by Crippen LogP contribution is 2.27. The van der Waals surface area contributed by atoms with E-state index in [4.69, 9.17) is 0 Å². The molecule has 1 aromatic heterocycles. The van der Waals surface area contributed by atoms with Crippen molar-refractivity contribution in [1.29, 1.82) is 0 Å². The lowest BCUT2D eigenvalue weighted by molar-refractivity contribution is -0.136. The van der Waals surface area contributed by atoms with Gasteiger partial charge in [-0.3, -0.25) is 9.59 Å². The van der Waals surface area contributed by atoms with E-state index < -0.39 is 6.04 Å². The highest BCUT2D eigenvalue weighted by atomic mass is 19.1. The molecule has 2 unspecified atom stereocenters. The van der Waals surface area contributed by atoms with Crippen LogP contribution in [-0.4, -0.2) is 53.3 Å². The minimum atomic E-state index is -0.515. The fraction of sp³-hybridized carbons (Fsp3) is 0.360. The van der Waals surface area contributed by atoms with Crippen LogP contribution >= 0.6 is 0 Å². The van der Waals surface area contributed by atoms with Gasteiger partial charge in [0.05, 0.1) is 6.04 Å². The molecule has 1 aliphatic rings. The van der Waals surface area contributed by atoms with Crippen molar-refractivity contribution in [1.82, 2.24) is 20.1 Å². The molecule has 2 amide bonds. The number of carbonyl (C=O) groups is 2. The third-order valence-corrected chi connectivity index (χ3v) is 6.10. The fourth-order valence-electron chi connectivity index (χ4n) is 4.32. The summed E-state index contributed by atoms with van der Waals surface area (Å²) in [5.41, 5.74) is 2.86. The molecule has 7 heteroatoms. The molecule has 2 aromatic carbocycles. The largest absolute Gasteiger partial charge is 0.361 e. The Morgan fingerprint density at radius 2 is 1.97 bits per heavy atom. The Kier molecular flexibility index (Phi) is 6.55. The smallest absolute Gasteiger partial charge is 0.243 e. The van der Waals surface area contributed by atoms with Gasteiger partial charge in [0.15, 0.2) is 0 Å². The lowest BCUT2D eigenvalue weighted by atomic mass is 10.0. The van der Waals surface area contributed by atoms with Crippen molar-refractivity contribution in [3.63, 3.8) is 0 Å². The number of hydrogen-bond donors (Lipinski definition) is 2. The van der Waals surface area contributed by atoms with E-state index in [0.717, 1.165) is 28.6 Å². The molecule has 2 atom stereocenters. The maximum absolute atomic E-state index is 13.4. The number of nitrogens with zero attached hydrogens (tertiary/aromatic N) is 2. The standard InChI is InChI=1S/C25H29FN4O2/c1-29(2)14-13-21(17-7-9-19(26)10-8-17)28-25(32)23-11-12-24(31)30(23)16-18-15-27-22-6-4-3-5-20(18)22/h3-10,15,21,23,27H,11-14,16H2,1-2H3,(H,28,32). The molecular weight excluding hydrogens is 407 g/mol. The van der Waals surface area contributed by atoms with Crippen LogP contribution in [-0.2, 0) is 16.1 Å². The lowest BCUT2D eigenvalue weighted by Crippen LogP contribution is -2.45. The predicted octanol–water partition coefficient (Wildman–Crippen LogP) is 3.61. The van der Waals surface area contributed by atoms with Gasteiger partial charge in [-0.15, -0.1) is 0 Å². The van der Waals surface area contributed by atoms with Gasteiger partial charge in [-0.1, -0.05) is 30.3 Å². The molecule has 4 rings (SSSR count). The van der Waals surface area contributed by atoms with E-state index in [1.54, 1.807) is 17.0 Å². The van der Waals surface area contributed by atoms with Gasteiger partial charge in [-0.25, -0.2) is 4.39 Å². The molecule has 0 bridgehead atoms. The minimum Gasteiger partial charge on any atom is -0.361 e. The Labute approximate surface area is 187 Å². The van der Waals surface area contributed by atoms with Crippen LogP contribution in [0.3, 0.4) is 0 Å². The Hall–Kier alpha value is -3.19. The summed E-state index contributed by atoms with van der Waals surface area (Å²) < 4.78 is 13.4. The van der Waals surface area contributed by atoms with Crippen molar-refractivity contribution in [3.8, 4) is 0 Å². The summed E-state index contributed by atoms with van der Waals surface area (Å²) in [6, 6.07) is 13.4. The second-order valence-electron chi connectivity index (χ2n) is 8.64. The molecule has 32 heavy (non-hydrogen) atoms. The molecule has 0 aliphatic carbocycles. The molecule has 0 radical (unpaired) electrons. The van der Waals surface area contributed by atoms with Crippen LogP contribution in [0.2, 0.25) is 0 Å². The van der Waals surface area contributed by atoms with Gasteiger partial charge in [0, 0.05) is 30.1 Å². The molecule has 0 saturated carbocycles. The fourth-order valence-corrected chi connectivity index (χ4v) is 4.32. The van der Waals surface area contributed by atoms with Crippen LogP contribution < -0.4 is 5.32 Å². The maximum Gasteiger partial charge on any atom is 0.243 e. The number of amides is 2.